The van der Waals surface area contributed by atoms with Crippen molar-refractivity contribution in [1.29, 1.82) is 0 Å². The molecule has 0 fully saturated rings. The van der Waals surface area contributed by atoms with Crippen molar-refractivity contribution < 1.29 is 4.42 Å². The summed E-state index contributed by atoms with van der Waals surface area (Å²) in [5.41, 5.74) is 5.52. The monoisotopic (exact) mass is 287 g/mol. The SMILES string of the molecule is Cc1ccncc1C(NN)c1cc2cccc(Cl)c2o1. The molecule has 0 aliphatic heterocycles. The quantitative estimate of drug-likeness (QED) is 0.573. The van der Waals surface area contributed by atoms with Crippen molar-refractivity contribution in [3.63, 3.8) is 0 Å². The van der Waals surface area contributed by atoms with Gasteiger partial charge in [0, 0.05) is 17.8 Å². The highest BCUT2D eigenvalue weighted by molar-refractivity contribution is 6.34. The van der Waals surface area contributed by atoms with Gasteiger partial charge in [-0.3, -0.25) is 10.8 Å². The number of halogens is 1. The van der Waals surface area contributed by atoms with Gasteiger partial charge in [-0.2, -0.15) is 0 Å². The third-order valence-electron chi connectivity index (χ3n) is 3.36. The molecule has 2 aromatic heterocycles. The van der Waals surface area contributed by atoms with Gasteiger partial charge in [0.2, 0.25) is 0 Å². The number of aromatic nitrogens is 1. The van der Waals surface area contributed by atoms with Crippen LogP contribution < -0.4 is 11.3 Å². The normalized spacial score (nSPS) is 12.8. The Labute approximate surface area is 121 Å². The number of fused-ring (bicyclic) bond motifs is 1. The highest BCUT2D eigenvalue weighted by atomic mass is 35.5. The van der Waals surface area contributed by atoms with Crippen LogP contribution in [-0.2, 0) is 0 Å². The van der Waals surface area contributed by atoms with Crippen LogP contribution in [-0.4, -0.2) is 4.98 Å². The van der Waals surface area contributed by atoms with E-state index in [0.29, 0.717) is 16.4 Å². The molecule has 0 bridgehead atoms. The molecule has 0 aliphatic carbocycles. The number of benzene rings is 1. The molecule has 1 aromatic carbocycles. The maximum atomic E-state index is 6.14. The average molecular weight is 288 g/mol. The smallest absolute Gasteiger partial charge is 0.152 e. The largest absolute Gasteiger partial charge is 0.457 e. The lowest BCUT2D eigenvalue weighted by Crippen LogP contribution is -2.29. The Morgan fingerprint density at radius 1 is 1.35 bits per heavy atom. The summed E-state index contributed by atoms with van der Waals surface area (Å²) >= 11 is 6.14. The minimum Gasteiger partial charge on any atom is -0.457 e. The van der Waals surface area contributed by atoms with Gasteiger partial charge in [-0.1, -0.05) is 23.7 Å². The molecule has 0 spiro atoms. The molecule has 0 saturated heterocycles. The van der Waals surface area contributed by atoms with E-state index in [1.807, 2.05) is 31.2 Å². The fraction of sp³-hybridized carbons (Fsp3) is 0.133. The Bertz CT molecular complexity index is 754. The highest BCUT2D eigenvalue weighted by Crippen LogP contribution is 2.32. The minimum absolute atomic E-state index is 0.257. The maximum absolute atomic E-state index is 6.14. The molecule has 1 atom stereocenters. The van der Waals surface area contributed by atoms with Crippen LogP contribution in [0.1, 0.15) is 22.9 Å². The van der Waals surface area contributed by atoms with E-state index in [2.05, 4.69) is 10.4 Å². The molecule has 1 unspecified atom stereocenters. The lowest BCUT2D eigenvalue weighted by atomic mass is 10.0. The van der Waals surface area contributed by atoms with E-state index in [1.165, 1.54) is 0 Å². The van der Waals surface area contributed by atoms with Gasteiger partial charge in [0.25, 0.3) is 0 Å². The van der Waals surface area contributed by atoms with Crippen molar-refractivity contribution in [2.24, 2.45) is 5.84 Å². The topological polar surface area (TPSA) is 64.1 Å². The predicted octanol–water partition coefficient (Wildman–Crippen LogP) is 3.34. The van der Waals surface area contributed by atoms with Gasteiger partial charge in [0.1, 0.15) is 11.8 Å². The summed E-state index contributed by atoms with van der Waals surface area (Å²) < 4.78 is 5.86. The Morgan fingerprint density at radius 3 is 2.90 bits per heavy atom. The van der Waals surface area contributed by atoms with Gasteiger partial charge in [-0.15, -0.1) is 0 Å². The molecule has 0 saturated carbocycles. The third-order valence-corrected chi connectivity index (χ3v) is 3.65. The van der Waals surface area contributed by atoms with E-state index >= 15 is 0 Å². The van der Waals surface area contributed by atoms with Crippen LogP contribution in [0.5, 0.6) is 0 Å². The molecule has 0 amide bonds. The Morgan fingerprint density at radius 2 is 2.20 bits per heavy atom. The molecule has 102 valence electrons. The van der Waals surface area contributed by atoms with Gasteiger partial charge < -0.3 is 4.42 Å². The first-order valence-corrected chi connectivity index (χ1v) is 6.63. The standard InChI is InChI=1S/C15H14ClN3O/c1-9-5-6-18-8-11(9)14(19-17)13-7-10-3-2-4-12(16)15(10)20-13/h2-8,14,19H,17H2,1H3. The molecule has 2 heterocycles. The number of hydrogen-bond donors (Lipinski definition) is 2. The zero-order chi connectivity index (χ0) is 14.1. The number of hydrazine groups is 1. The minimum atomic E-state index is -0.257. The van der Waals surface area contributed by atoms with E-state index in [1.54, 1.807) is 18.5 Å². The first kappa shape index (κ1) is 13.1. The number of furan rings is 1. The fourth-order valence-electron chi connectivity index (χ4n) is 2.29. The van der Waals surface area contributed by atoms with Gasteiger partial charge in [-0.05, 0) is 36.2 Å². The summed E-state index contributed by atoms with van der Waals surface area (Å²) in [6, 6.07) is 9.28. The number of nitrogens with one attached hydrogen (secondary N) is 1. The highest BCUT2D eigenvalue weighted by Gasteiger charge is 2.19. The summed E-state index contributed by atoms with van der Waals surface area (Å²) in [6.45, 7) is 2.01. The molecule has 0 aliphatic rings. The van der Waals surface area contributed by atoms with Crippen molar-refractivity contribution in [2.45, 2.75) is 13.0 Å². The van der Waals surface area contributed by atoms with Crippen LogP contribution >= 0.6 is 11.6 Å². The van der Waals surface area contributed by atoms with E-state index < -0.39 is 0 Å². The van der Waals surface area contributed by atoms with Crippen molar-refractivity contribution in [2.75, 3.05) is 0 Å². The Balaban J connectivity index is 2.12. The second kappa shape index (κ2) is 5.25. The lowest BCUT2D eigenvalue weighted by Gasteiger charge is -2.15. The molecular formula is C15H14ClN3O. The molecular weight excluding hydrogens is 274 g/mol. The number of hydrogen-bond acceptors (Lipinski definition) is 4. The number of pyridine rings is 1. The van der Waals surface area contributed by atoms with Crippen molar-refractivity contribution in [3.8, 4) is 0 Å². The molecule has 4 nitrogen and oxygen atoms in total. The van der Waals surface area contributed by atoms with E-state index in [-0.39, 0.29) is 6.04 Å². The van der Waals surface area contributed by atoms with Crippen LogP contribution in [0.25, 0.3) is 11.0 Å². The van der Waals surface area contributed by atoms with Crippen molar-refractivity contribution in [3.05, 3.63) is 64.6 Å². The van der Waals surface area contributed by atoms with E-state index in [4.69, 9.17) is 21.9 Å². The van der Waals surface area contributed by atoms with Gasteiger partial charge in [0.15, 0.2) is 5.58 Å². The summed E-state index contributed by atoms with van der Waals surface area (Å²) in [5, 5.41) is 1.54. The second-order valence-corrected chi connectivity index (χ2v) is 5.05. The number of nitrogens with zero attached hydrogens (tertiary/aromatic N) is 1. The number of nitrogens with two attached hydrogens (primary N) is 1. The van der Waals surface area contributed by atoms with Crippen molar-refractivity contribution >= 4 is 22.6 Å². The second-order valence-electron chi connectivity index (χ2n) is 4.64. The fourth-order valence-corrected chi connectivity index (χ4v) is 2.51. The zero-order valence-electron chi connectivity index (χ0n) is 10.9. The van der Waals surface area contributed by atoms with Crippen LogP contribution in [0.4, 0.5) is 0 Å². The molecule has 3 aromatic rings. The third kappa shape index (κ3) is 2.18. The lowest BCUT2D eigenvalue weighted by molar-refractivity contribution is 0.475. The first-order valence-electron chi connectivity index (χ1n) is 6.25. The summed E-state index contributed by atoms with van der Waals surface area (Å²) in [7, 11) is 0. The molecule has 0 radical (unpaired) electrons. The zero-order valence-corrected chi connectivity index (χ0v) is 11.7. The number of para-hydroxylation sites is 1. The predicted molar refractivity (Wildman–Crippen MR) is 79.4 cm³/mol. The number of aryl methyl sites for hydroxylation is 1. The molecule has 3 N–H and O–H groups in total. The van der Waals surface area contributed by atoms with Gasteiger partial charge >= 0.3 is 0 Å². The first-order chi connectivity index (χ1) is 9.70. The van der Waals surface area contributed by atoms with Crippen LogP contribution in [0.15, 0.2) is 47.1 Å². The number of rotatable bonds is 3. The van der Waals surface area contributed by atoms with Gasteiger partial charge in [-0.25, -0.2) is 5.43 Å². The summed E-state index contributed by atoms with van der Waals surface area (Å²) in [5.74, 6) is 6.41. The average Bonchev–Trinajstić information content (AvgIpc) is 2.87. The van der Waals surface area contributed by atoms with E-state index in [9.17, 15) is 0 Å². The Kier molecular flexibility index (Phi) is 3.44. The van der Waals surface area contributed by atoms with E-state index in [0.717, 1.165) is 16.5 Å². The summed E-state index contributed by atoms with van der Waals surface area (Å²) in [6.07, 6.45) is 3.54. The maximum Gasteiger partial charge on any atom is 0.152 e. The van der Waals surface area contributed by atoms with Crippen LogP contribution in [0.2, 0.25) is 5.02 Å². The van der Waals surface area contributed by atoms with Crippen molar-refractivity contribution in [1.82, 2.24) is 10.4 Å². The molecule has 20 heavy (non-hydrogen) atoms. The summed E-state index contributed by atoms with van der Waals surface area (Å²) in [4.78, 5) is 4.15. The van der Waals surface area contributed by atoms with Crippen LogP contribution in [0, 0.1) is 6.92 Å². The Hall–Kier alpha value is -1.88. The molecule has 5 heteroatoms. The van der Waals surface area contributed by atoms with Gasteiger partial charge in [0.05, 0.1) is 5.02 Å². The molecule has 3 rings (SSSR count). The van der Waals surface area contributed by atoms with Crippen LogP contribution in [0.3, 0.4) is 0 Å².